The van der Waals surface area contributed by atoms with Crippen molar-refractivity contribution in [1.29, 1.82) is 0 Å². The minimum Gasteiger partial charge on any atom is -0.508 e. The Morgan fingerprint density at radius 2 is 1.63 bits per heavy atom. The fourth-order valence-electron chi connectivity index (χ4n) is 1.77. The van der Waals surface area contributed by atoms with E-state index in [-0.39, 0.29) is 11.4 Å². The molecule has 0 unspecified atom stereocenters. The lowest BCUT2D eigenvalue weighted by atomic mass is 10.0. The van der Waals surface area contributed by atoms with Crippen molar-refractivity contribution >= 4 is 5.69 Å². The molecule has 2 aromatic carbocycles. The number of rotatable bonds is 2. The van der Waals surface area contributed by atoms with Crippen molar-refractivity contribution in [2.24, 2.45) is 0 Å². The molecular formula is C14H12F3NO. The van der Waals surface area contributed by atoms with E-state index in [9.17, 15) is 13.2 Å². The van der Waals surface area contributed by atoms with Gasteiger partial charge in [-0.3, -0.25) is 0 Å². The van der Waals surface area contributed by atoms with Crippen LogP contribution < -0.4 is 5.73 Å². The van der Waals surface area contributed by atoms with Gasteiger partial charge in [0.05, 0.1) is 5.56 Å². The predicted octanol–water partition coefficient (Wildman–Crippen LogP) is 3.58. The number of nitrogens with two attached hydrogens (primary N) is 1. The molecule has 0 atom stereocenters. The first-order valence-corrected chi connectivity index (χ1v) is 5.60. The molecule has 0 amide bonds. The number of hydrogen-bond acceptors (Lipinski definition) is 2. The third-order valence-corrected chi connectivity index (χ3v) is 2.80. The van der Waals surface area contributed by atoms with Gasteiger partial charge in [-0.05, 0) is 41.8 Å². The van der Waals surface area contributed by atoms with E-state index in [1.54, 1.807) is 12.1 Å². The normalized spacial score (nSPS) is 11.5. The second-order valence-electron chi connectivity index (χ2n) is 4.25. The summed E-state index contributed by atoms with van der Waals surface area (Å²) in [7, 11) is 0. The Hall–Kier alpha value is -2.17. The molecule has 0 aliphatic heterocycles. The Morgan fingerprint density at radius 1 is 1.00 bits per heavy atom. The highest BCUT2D eigenvalue weighted by atomic mass is 19.4. The van der Waals surface area contributed by atoms with Crippen molar-refractivity contribution < 1.29 is 18.3 Å². The molecule has 0 radical (unpaired) electrons. The minimum absolute atomic E-state index is 0.114. The molecule has 0 saturated carbocycles. The van der Waals surface area contributed by atoms with E-state index in [0.717, 1.165) is 17.7 Å². The molecule has 0 fully saturated rings. The molecule has 0 aliphatic rings. The van der Waals surface area contributed by atoms with Crippen molar-refractivity contribution in [2.75, 3.05) is 5.73 Å². The number of nitrogen functional groups attached to an aromatic ring is 1. The summed E-state index contributed by atoms with van der Waals surface area (Å²) in [5.74, 6) is 0.143. The van der Waals surface area contributed by atoms with Crippen molar-refractivity contribution in [3.05, 3.63) is 59.2 Å². The van der Waals surface area contributed by atoms with E-state index in [1.165, 1.54) is 18.2 Å². The van der Waals surface area contributed by atoms with E-state index in [4.69, 9.17) is 10.8 Å². The largest absolute Gasteiger partial charge is 0.508 e. The van der Waals surface area contributed by atoms with E-state index in [0.29, 0.717) is 12.0 Å². The molecule has 2 rings (SSSR count). The highest BCUT2D eigenvalue weighted by molar-refractivity contribution is 5.51. The maximum Gasteiger partial charge on any atom is 0.416 e. The van der Waals surface area contributed by atoms with Gasteiger partial charge < -0.3 is 10.8 Å². The van der Waals surface area contributed by atoms with Gasteiger partial charge in [0.25, 0.3) is 0 Å². The van der Waals surface area contributed by atoms with E-state index in [1.807, 2.05) is 0 Å². The van der Waals surface area contributed by atoms with E-state index < -0.39 is 11.7 Å². The number of anilines is 1. The topological polar surface area (TPSA) is 46.2 Å². The summed E-state index contributed by atoms with van der Waals surface area (Å²) in [6.45, 7) is 0. The third-order valence-electron chi connectivity index (χ3n) is 2.80. The van der Waals surface area contributed by atoms with Crippen LogP contribution in [0.2, 0.25) is 0 Å². The lowest BCUT2D eigenvalue weighted by Crippen LogP contribution is -2.07. The average molecular weight is 267 g/mol. The molecule has 0 spiro atoms. The Bertz CT molecular complexity index is 576. The summed E-state index contributed by atoms with van der Waals surface area (Å²) < 4.78 is 37.5. The summed E-state index contributed by atoms with van der Waals surface area (Å²) in [5.41, 5.74) is 6.50. The summed E-state index contributed by atoms with van der Waals surface area (Å²) in [5, 5.41) is 9.15. The molecule has 19 heavy (non-hydrogen) atoms. The van der Waals surface area contributed by atoms with Crippen LogP contribution >= 0.6 is 0 Å². The van der Waals surface area contributed by atoms with Crippen LogP contribution in [0.15, 0.2) is 42.5 Å². The van der Waals surface area contributed by atoms with Gasteiger partial charge in [-0.25, -0.2) is 0 Å². The summed E-state index contributed by atoms with van der Waals surface area (Å²) in [6.07, 6.45) is -3.96. The standard InChI is InChI=1S/C14H12F3NO/c15-14(16,17)11-4-3-10(13(18)8-11)7-9-1-5-12(19)6-2-9/h1-6,8,19H,7,18H2. The number of phenols is 1. The Morgan fingerprint density at radius 3 is 2.16 bits per heavy atom. The molecule has 5 heteroatoms. The maximum atomic E-state index is 12.5. The molecule has 2 aromatic rings. The zero-order chi connectivity index (χ0) is 14.0. The second-order valence-corrected chi connectivity index (χ2v) is 4.25. The molecule has 100 valence electrons. The summed E-state index contributed by atoms with van der Waals surface area (Å²) in [4.78, 5) is 0. The van der Waals surface area contributed by atoms with Gasteiger partial charge in [0.15, 0.2) is 0 Å². The van der Waals surface area contributed by atoms with Crippen LogP contribution in [-0.2, 0) is 12.6 Å². The lowest BCUT2D eigenvalue weighted by Gasteiger charge is -2.11. The van der Waals surface area contributed by atoms with Gasteiger partial charge in [-0.2, -0.15) is 13.2 Å². The number of phenolic OH excluding ortho intramolecular Hbond substituents is 1. The quantitative estimate of drug-likeness (QED) is 0.817. The second kappa shape index (κ2) is 4.84. The Balaban J connectivity index is 2.24. The zero-order valence-electron chi connectivity index (χ0n) is 9.91. The van der Waals surface area contributed by atoms with Crippen LogP contribution in [0.25, 0.3) is 0 Å². The molecule has 3 N–H and O–H groups in total. The van der Waals surface area contributed by atoms with Crippen molar-refractivity contribution in [2.45, 2.75) is 12.6 Å². The third kappa shape index (κ3) is 3.19. The van der Waals surface area contributed by atoms with Crippen molar-refractivity contribution in [3.8, 4) is 5.75 Å². The molecule has 0 aromatic heterocycles. The number of hydrogen-bond donors (Lipinski definition) is 2. The van der Waals surface area contributed by atoms with Crippen LogP contribution in [0.5, 0.6) is 5.75 Å². The predicted molar refractivity (Wildman–Crippen MR) is 66.8 cm³/mol. The first kappa shape index (κ1) is 13.3. The number of halogens is 3. The fraction of sp³-hybridized carbons (Fsp3) is 0.143. The number of benzene rings is 2. The molecule has 0 heterocycles. The first-order chi connectivity index (χ1) is 8.86. The molecule has 0 aliphatic carbocycles. The zero-order valence-corrected chi connectivity index (χ0v) is 9.91. The van der Waals surface area contributed by atoms with Crippen LogP contribution in [0.3, 0.4) is 0 Å². The highest BCUT2D eigenvalue weighted by Gasteiger charge is 2.30. The van der Waals surface area contributed by atoms with Crippen LogP contribution in [0, 0.1) is 0 Å². The van der Waals surface area contributed by atoms with Gasteiger partial charge in [0.1, 0.15) is 5.75 Å². The monoisotopic (exact) mass is 267 g/mol. The maximum absolute atomic E-state index is 12.5. The Kier molecular flexibility index (Phi) is 3.38. The SMILES string of the molecule is Nc1cc(C(F)(F)F)ccc1Cc1ccc(O)cc1. The van der Waals surface area contributed by atoms with Crippen LogP contribution in [0.4, 0.5) is 18.9 Å². The Labute approximate surface area is 108 Å². The van der Waals surface area contributed by atoms with Crippen molar-refractivity contribution in [1.82, 2.24) is 0 Å². The fourth-order valence-corrected chi connectivity index (χ4v) is 1.77. The van der Waals surface area contributed by atoms with Gasteiger partial charge in [-0.15, -0.1) is 0 Å². The number of alkyl halides is 3. The molecule has 0 bridgehead atoms. The summed E-state index contributed by atoms with van der Waals surface area (Å²) in [6, 6.07) is 9.79. The van der Waals surface area contributed by atoms with Crippen molar-refractivity contribution in [3.63, 3.8) is 0 Å². The van der Waals surface area contributed by atoms with Gasteiger partial charge >= 0.3 is 6.18 Å². The lowest BCUT2D eigenvalue weighted by molar-refractivity contribution is -0.137. The molecule has 2 nitrogen and oxygen atoms in total. The van der Waals surface area contributed by atoms with Gasteiger partial charge in [0, 0.05) is 5.69 Å². The van der Waals surface area contributed by atoms with Gasteiger partial charge in [-0.1, -0.05) is 18.2 Å². The number of aromatic hydroxyl groups is 1. The average Bonchev–Trinajstić information content (AvgIpc) is 2.33. The smallest absolute Gasteiger partial charge is 0.416 e. The summed E-state index contributed by atoms with van der Waals surface area (Å²) >= 11 is 0. The highest BCUT2D eigenvalue weighted by Crippen LogP contribution is 2.31. The minimum atomic E-state index is -4.38. The van der Waals surface area contributed by atoms with E-state index in [2.05, 4.69) is 0 Å². The molecule has 0 saturated heterocycles. The first-order valence-electron chi connectivity index (χ1n) is 5.60. The molecular weight excluding hydrogens is 255 g/mol. The van der Waals surface area contributed by atoms with Crippen LogP contribution in [-0.4, -0.2) is 5.11 Å². The van der Waals surface area contributed by atoms with E-state index >= 15 is 0 Å². The van der Waals surface area contributed by atoms with Crippen LogP contribution in [0.1, 0.15) is 16.7 Å². The van der Waals surface area contributed by atoms with Gasteiger partial charge in [0.2, 0.25) is 0 Å².